The number of carbonyl (C=O) groups is 1. The van der Waals surface area contributed by atoms with Crippen LogP contribution >= 0.6 is 0 Å². The van der Waals surface area contributed by atoms with Crippen LogP contribution in [-0.4, -0.2) is 24.0 Å². The van der Waals surface area contributed by atoms with E-state index in [-0.39, 0.29) is 11.7 Å². The SMILES string of the molecule is O=C(NCCNCc1ccccc1F)c1cccnc1. The maximum atomic E-state index is 13.3. The lowest BCUT2D eigenvalue weighted by Crippen LogP contribution is -2.31. The van der Waals surface area contributed by atoms with Crippen molar-refractivity contribution in [2.45, 2.75) is 6.54 Å². The molecule has 0 radical (unpaired) electrons. The molecule has 1 aromatic carbocycles. The maximum Gasteiger partial charge on any atom is 0.252 e. The number of halogens is 1. The molecule has 0 unspecified atom stereocenters. The van der Waals surface area contributed by atoms with E-state index in [0.29, 0.717) is 30.8 Å². The second kappa shape index (κ2) is 7.35. The fourth-order valence-electron chi connectivity index (χ4n) is 1.73. The highest BCUT2D eigenvalue weighted by Gasteiger charge is 2.03. The van der Waals surface area contributed by atoms with Crippen LogP contribution in [0.4, 0.5) is 4.39 Å². The first-order chi connectivity index (χ1) is 9.77. The number of hydrogen-bond acceptors (Lipinski definition) is 3. The molecule has 1 aromatic heterocycles. The molecule has 0 spiro atoms. The van der Waals surface area contributed by atoms with Crippen LogP contribution in [0.3, 0.4) is 0 Å². The predicted octanol–water partition coefficient (Wildman–Crippen LogP) is 1.74. The van der Waals surface area contributed by atoms with E-state index >= 15 is 0 Å². The lowest BCUT2D eigenvalue weighted by molar-refractivity contribution is 0.0953. The van der Waals surface area contributed by atoms with Crippen molar-refractivity contribution < 1.29 is 9.18 Å². The smallest absolute Gasteiger partial charge is 0.252 e. The van der Waals surface area contributed by atoms with E-state index in [1.807, 2.05) is 0 Å². The summed E-state index contributed by atoms with van der Waals surface area (Å²) in [6, 6.07) is 10.0. The summed E-state index contributed by atoms with van der Waals surface area (Å²) in [5.74, 6) is -0.384. The molecule has 0 aliphatic rings. The number of hydrogen-bond donors (Lipinski definition) is 2. The predicted molar refractivity (Wildman–Crippen MR) is 74.7 cm³/mol. The second-order valence-electron chi connectivity index (χ2n) is 4.27. The van der Waals surface area contributed by atoms with Gasteiger partial charge in [-0.15, -0.1) is 0 Å². The van der Waals surface area contributed by atoms with Crippen LogP contribution in [0.2, 0.25) is 0 Å². The lowest BCUT2D eigenvalue weighted by Gasteiger charge is -2.07. The molecule has 0 bridgehead atoms. The highest BCUT2D eigenvalue weighted by atomic mass is 19.1. The van der Waals surface area contributed by atoms with Crippen LogP contribution in [-0.2, 0) is 6.54 Å². The summed E-state index contributed by atoms with van der Waals surface area (Å²) in [6.45, 7) is 1.48. The number of amides is 1. The molecular weight excluding hydrogens is 257 g/mol. The molecule has 2 rings (SSSR count). The lowest BCUT2D eigenvalue weighted by atomic mass is 10.2. The Balaban J connectivity index is 1.67. The number of nitrogens with one attached hydrogen (secondary N) is 2. The van der Waals surface area contributed by atoms with Gasteiger partial charge in [-0.3, -0.25) is 9.78 Å². The minimum atomic E-state index is -0.223. The molecule has 0 atom stereocenters. The number of pyridine rings is 1. The molecule has 2 N–H and O–H groups in total. The normalized spacial score (nSPS) is 10.2. The Labute approximate surface area is 117 Å². The number of benzene rings is 1. The third kappa shape index (κ3) is 4.13. The van der Waals surface area contributed by atoms with E-state index in [0.717, 1.165) is 0 Å². The number of carbonyl (C=O) groups excluding carboxylic acids is 1. The molecule has 0 aliphatic heterocycles. The average Bonchev–Trinajstić information content (AvgIpc) is 2.49. The highest BCUT2D eigenvalue weighted by Crippen LogP contribution is 2.04. The summed E-state index contributed by atoms with van der Waals surface area (Å²) in [7, 11) is 0. The Bertz CT molecular complexity index is 560. The van der Waals surface area contributed by atoms with Crippen molar-refractivity contribution in [3.05, 3.63) is 65.7 Å². The Morgan fingerprint density at radius 2 is 2.00 bits per heavy atom. The van der Waals surface area contributed by atoms with Gasteiger partial charge in [0.25, 0.3) is 5.91 Å². The van der Waals surface area contributed by atoms with Gasteiger partial charge in [-0.1, -0.05) is 18.2 Å². The Morgan fingerprint density at radius 1 is 1.15 bits per heavy atom. The molecule has 0 aliphatic carbocycles. The summed E-state index contributed by atoms with van der Waals surface area (Å²) in [4.78, 5) is 15.6. The van der Waals surface area contributed by atoms with E-state index in [9.17, 15) is 9.18 Å². The molecule has 5 heteroatoms. The zero-order chi connectivity index (χ0) is 14.2. The molecule has 4 nitrogen and oxygen atoms in total. The van der Waals surface area contributed by atoms with Crippen molar-refractivity contribution in [1.82, 2.24) is 15.6 Å². The Kier molecular flexibility index (Phi) is 5.20. The van der Waals surface area contributed by atoms with E-state index < -0.39 is 0 Å². The van der Waals surface area contributed by atoms with Gasteiger partial charge >= 0.3 is 0 Å². The van der Waals surface area contributed by atoms with Gasteiger partial charge in [0.1, 0.15) is 5.82 Å². The highest BCUT2D eigenvalue weighted by molar-refractivity contribution is 5.93. The largest absolute Gasteiger partial charge is 0.351 e. The number of rotatable bonds is 6. The van der Waals surface area contributed by atoms with Crippen molar-refractivity contribution in [2.75, 3.05) is 13.1 Å². The van der Waals surface area contributed by atoms with Gasteiger partial charge in [0.05, 0.1) is 5.56 Å². The van der Waals surface area contributed by atoms with Crippen molar-refractivity contribution in [1.29, 1.82) is 0 Å². The van der Waals surface area contributed by atoms with E-state index in [4.69, 9.17) is 0 Å². The first kappa shape index (κ1) is 14.1. The monoisotopic (exact) mass is 273 g/mol. The average molecular weight is 273 g/mol. The fraction of sp³-hybridized carbons (Fsp3) is 0.200. The van der Waals surface area contributed by atoms with Crippen LogP contribution in [0.1, 0.15) is 15.9 Å². The molecule has 2 aromatic rings. The third-order valence-electron chi connectivity index (χ3n) is 2.78. The van der Waals surface area contributed by atoms with Crippen LogP contribution in [0.25, 0.3) is 0 Å². The second-order valence-corrected chi connectivity index (χ2v) is 4.27. The van der Waals surface area contributed by atoms with E-state index in [1.54, 1.807) is 36.5 Å². The van der Waals surface area contributed by atoms with Gasteiger partial charge in [0.2, 0.25) is 0 Å². The molecule has 0 saturated heterocycles. The van der Waals surface area contributed by atoms with Gasteiger partial charge in [0, 0.05) is 37.6 Å². The molecule has 20 heavy (non-hydrogen) atoms. The first-order valence-corrected chi connectivity index (χ1v) is 6.40. The van der Waals surface area contributed by atoms with E-state index in [2.05, 4.69) is 15.6 Å². The molecule has 1 amide bonds. The summed E-state index contributed by atoms with van der Waals surface area (Å²) >= 11 is 0. The van der Waals surface area contributed by atoms with Crippen molar-refractivity contribution in [3.63, 3.8) is 0 Å². The van der Waals surface area contributed by atoms with Crippen LogP contribution in [0.15, 0.2) is 48.8 Å². The topological polar surface area (TPSA) is 54.0 Å². The minimum absolute atomic E-state index is 0.161. The number of aromatic nitrogens is 1. The summed E-state index contributed by atoms with van der Waals surface area (Å²) < 4.78 is 13.3. The van der Waals surface area contributed by atoms with Crippen LogP contribution in [0.5, 0.6) is 0 Å². The zero-order valence-electron chi connectivity index (χ0n) is 11.0. The quantitative estimate of drug-likeness (QED) is 0.788. The maximum absolute atomic E-state index is 13.3. The van der Waals surface area contributed by atoms with Gasteiger partial charge in [-0.25, -0.2) is 4.39 Å². The fourth-order valence-corrected chi connectivity index (χ4v) is 1.73. The zero-order valence-corrected chi connectivity index (χ0v) is 11.0. The standard InChI is InChI=1S/C15H16FN3O/c16-14-6-2-1-4-12(14)10-18-8-9-19-15(20)13-5-3-7-17-11-13/h1-7,11,18H,8-10H2,(H,19,20). The molecule has 0 fully saturated rings. The molecular formula is C15H16FN3O. The van der Waals surface area contributed by atoms with Crippen molar-refractivity contribution in [2.24, 2.45) is 0 Å². The summed E-state index contributed by atoms with van der Waals surface area (Å²) in [5.41, 5.74) is 1.15. The van der Waals surface area contributed by atoms with Crippen LogP contribution < -0.4 is 10.6 Å². The minimum Gasteiger partial charge on any atom is -0.351 e. The van der Waals surface area contributed by atoms with Crippen LogP contribution in [0, 0.1) is 5.82 Å². The van der Waals surface area contributed by atoms with E-state index in [1.165, 1.54) is 12.3 Å². The summed E-state index contributed by atoms with van der Waals surface area (Å²) in [6.07, 6.45) is 3.13. The Morgan fingerprint density at radius 3 is 2.75 bits per heavy atom. The van der Waals surface area contributed by atoms with Gasteiger partial charge < -0.3 is 10.6 Å². The molecule has 0 saturated carbocycles. The van der Waals surface area contributed by atoms with Gasteiger partial charge in [-0.2, -0.15) is 0 Å². The number of nitrogens with zero attached hydrogens (tertiary/aromatic N) is 1. The van der Waals surface area contributed by atoms with Gasteiger partial charge in [0.15, 0.2) is 0 Å². The Hall–Kier alpha value is -2.27. The summed E-state index contributed by atoms with van der Waals surface area (Å²) in [5, 5.41) is 5.84. The first-order valence-electron chi connectivity index (χ1n) is 6.40. The molecule has 1 heterocycles. The van der Waals surface area contributed by atoms with Crippen molar-refractivity contribution >= 4 is 5.91 Å². The third-order valence-corrected chi connectivity index (χ3v) is 2.78. The van der Waals surface area contributed by atoms with Crippen molar-refractivity contribution in [3.8, 4) is 0 Å². The molecule has 104 valence electrons. The van der Waals surface area contributed by atoms with Gasteiger partial charge in [-0.05, 0) is 18.2 Å².